The number of rotatable bonds is 7. The van der Waals surface area contributed by atoms with Crippen molar-refractivity contribution in [1.82, 2.24) is 15.4 Å². The van der Waals surface area contributed by atoms with Gasteiger partial charge in [-0.05, 0) is 30.7 Å². The average molecular weight is 334 g/mol. The molecule has 2 aromatic heterocycles. The van der Waals surface area contributed by atoms with Crippen LogP contribution in [0, 0.1) is 0 Å². The van der Waals surface area contributed by atoms with Crippen LogP contribution in [0.15, 0.2) is 33.1 Å². The lowest BCUT2D eigenvalue weighted by Crippen LogP contribution is -2.39. The predicted molar refractivity (Wildman–Crippen MR) is 96.1 cm³/mol. The average Bonchev–Trinajstić information content (AvgIpc) is 3.20. The summed E-state index contributed by atoms with van der Waals surface area (Å²) in [5.74, 6) is 2.07. The van der Waals surface area contributed by atoms with Crippen LogP contribution >= 0.6 is 11.3 Å². The molecule has 126 valence electrons. The Bertz CT molecular complexity index is 604. The number of likely N-dealkylation sites (N-methyl/N-ethyl adjacent to an activating group) is 1. The predicted octanol–water partition coefficient (Wildman–Crippen LogP) is 3.50. The van der Waals surface area contributed by atoms with E-state index < -0.39 is 0 Å². The van der Waals surface area contributed by atoms with Crippen LogP contribution < -0.4 is 5.32 Å². The summed E-state index contributed by atoms with van der Waals surface area (Å²) in [4.78, 5) is 8.21. The highest BCUT2D eigenvalue weighted by molar-refractivity contribution is 7.09. The van der Waals surface area contributed by atoms with Crippen molar-refractivity contribution in [2.45, 2.75) is 39.7 Å². The van der Waals surface area contributed by atoms with Gasteiger partial charge in [-0.2, -0.15) is 0 Å². The maximum atomic E-state index is 5.35. The van der Waals surface area contributed by atoms with Crippen molar-refractivity contribution in [3.05, 3.63) is 39.9 Å². The van der Waals surface area contributed by atoms with E-state index in [1.165, 1.54) is 4.88 Å². The highest BCUT2D eigenvalue weighted by Crippen LogP contribution is 2.14. The van der Waals surface area contributed by atoms with Crippen LogP contribution in [0.2, 0.25) is 0 Å². The van der Waals surface area contributed by atoms with Crippen molar-refractivity contribution in [3.63, 3.8) is 0 Å². The highest BCUT2D eigenvalue weighted by atomic mass is 32.1. The summed E-state index contributed by atoms with van der Waals surface area (Å²) in [7, 11) is 2.06. The fourth-order valence-corrected chi connectivity index (χ4v) is 2.83. The van der Waals surface area contributed by atoms with E-state index in [4.69, 9.17) is 4.52 Å². The van der Waals surface area contributed by atoms with Crippen LogP contribution in [0.3, 0.4) is 0 Å². The molecule has 0 amide bonds. The first-order valence-corrected chi connectivity index (χ1v) is 8.95. The van der Waals surface area contributed by atoms with E-state index >= 15 is 0 Å². The van der Waals surface area contributed by atoms with Crippen LogP contribution in [-0.2, 0) is 13.0 Å². The molecule has 2 rings (SSSR count). The van der Waals surface area contributed by atoms with Gasteiger partial charge in [0.15, 0.2) is 11.7 Å². The van der Waals surface area contributed by atoms with E-state index in [0.29, 0.717) is 12.5 Å². The molecule has 0 fully saturated rings. The summed E-state index contributed by atoms with van der Waals surface area (Å²) < 4.78 is 5.35. The molecule has 0 unspecified atom stereocenters. The van der Waals surface area contributed by atoms with E-state index in [1.807, 2.05) is 6.07 Å². The minimum Gasteiger partial charge on any atom is -0.359 e. The molecule has 2 aromatic rings. The van der Waals surface area contributed by atoms with Crippen LogP contribution in [-0.4, -0.2) is 36.2 Å². The molecule has 5 nitrogen and oxygen atoms in total. The van der Waals surface area contributed by atoms with Gasteiger partial charge in [-0.25, -0.2) is 4.99 Å². The first-order valence-electron chi connectivity index (χ1n) is 8.07. The van der Waals surface area contributed by atoms with E-state index in [2.05, 4.69) is 65.7 Å². The Labute approximate surface area is 142 Å². The number of hydrogen-bond donors (Lipinski definition) is 1. The van der Waals surface area contributed by atoms with Gasteiger partial charge >= 0.3 is 0 Å². The van der Waals surface area contributed by atoms with Gasteiger partial charge in [0.05, 0.1) is 5.69 Å². The largest absolute Gasteiger partial charge is 0.359 e. The van der Waals surface area contributed by atoms with Crippen molar-refractivity contribution in [2.24, 2.45) is 4.99 Å². The summed E-state index contributed by atoms with van der Waals surface area (Å²) in [6.45, 7) is 8.57. The monoisotopic (exact) mass is 334 g/mol. The second-order valence-electron chi connectivity index (χ2n) is 5.79. The highest BCUT2D eigenvalue weighted by Gasteiger charge is 2.09. The second kappa shape index (κ2) is 8.72. The molecule has 6 heteroatoms. The molecule has 0 aliphatic heterocycles. The minimum atomic E-state index is 0.373. The van der Waals surface area contributed by atoms with Crippen LogP contribution in [0.4, 0.5) is 0 Å². The SMILES string of the molecule is CCNC(=NCc1cc(C(C)C)no1)N(C)CCc1cccs1. The summed E-state index contributed by atoms with van der Waals surface area (Å²) in [5, 5.41) is 9.52. The molecule has 0 aromatic carbocycles. The summed E-state index contributed by atoms with van der Waals surface area (Å²) in [5.41, 5.74) is 0.978. The molecule has 23 heavy (non-hydrogen) atoms. The lowest BCUT2D eigenvalue weighted by atomic mass is 10.1. The third-order valence-corrected chi connectivity index (χ3v) is 4.46. The summed E-state index contributed by atoms with van der Waals surface area (Å²) >= 11 is 1.80. The smallest absolute Gasteiger partial charge is 0.194 e. The van der Waals surface area contributed by atoms with Crippen molar-refractivity contribution in [2.75, 3.05) is 20.1 Å². The van der Waals surface area contributed by atoms with Gasteiger partial charge in [-0.15, -0.1) is 11.3 Å². The summed E-state index contributed by atoms with van der Waals surface area (Å²) in [6.07, 6.45) is 1.03. The second-order valence-corrected chi connectivity index (χ2v) is 6.83. The third-order valence-electron chi connectivity index (χ3n) is 3.52. The van der Waals surface area contributed by atoms with E-state index in [-0.39, 0.29) is 0 Å². The quantitative estimate of drug-likeness (QED) is 0.622. The first kappa shape index (κ1) is 17.5. The van der Waals surface area contributed by atoms with Crippen molar-refractivity contribution in [1.29, 1.82) is 0 Å². The van der Waals surface area contributed by atoms with E-state index in [9.17, 15) is 0 Å². The number of nitrogens with one attached hydrogen (secondary N) is 1. The number of aliphatic imine (C=N–C) groups is 1. The van der Waals surface area contributed by atoms with Gasteiger partial charge < -0.3 is 14.7 Å². The molecular formula is C17H26N4OS. The molecular weight excluding hydrogens is 308 g/mol. The maximum Gasteiger partial charge on any atom is 0.194 e. The zero-order valence-electron chi connectivity index (χ0n) is 14.4. The first-order chi connectivity index (χ1) is 11.1. The fourth-order valence-electron chi connectivity index (χ4n) is 2.14. The molecule has 0 bridgehead atoms. The molecule has 0 aliphatic rings. The van der Waals surface area contributed by atoms with Gasteiger partial charge in [0.2, 0.25) is 0 Å². The zero-order valence-corrected chi connectivity index (χ0v) is 15.2. The molecule has 0 atom stereocenters. The zero-order chi connectivity index (χ0) is 16.7. The Kier molecular flexibility index (Phi) is 6.65. The normalized spacial score (nSPS) is 12.0. The maximum absolute atomic E-state index is 5.35. The molecule has 0 radical (unpaired) electrons. The van der Waals surface area contributed by atoms with Crippen molar-refractivity contribution < 1.29 is 4.52 Å². The number of nitrogens with zero attached hydrogens (tertiary/aromatic N) is 3. The number of thiophene rings is 1. The lowest BCUT2D eigenvalue weighted by molar-refractivity contribution is 0.375. The number of guanidine groups is 1. The lowest BCUT2D eigenvalue weighted by Gasteiger charge is -2.21. The third kappa shape index (κ3) is 5.39. The topological polar surface area (TPSA) is 53.7 Å². The van der Waals surface area contributed by atoms with Crippen LogP contribution in [0.25, 0.3) is 0 Å². The molecule has 0 saturated heterocycles. The molecule has 0 spiro atoms. The fraction of sp³-hybridized carbons (Fsp3) is 0.529. The standard InChI is InChI=1S/C17H26N4OS/c1-5-18-17(21(4)9-8-15-7-6-10-23-15)19-12-14-11-16(13(2)3)20-22-14/h6-7,10-11,13H,5,8-9,12H2,1-4H3,(H,18,19). The Hall–Kier alpha value is -1.82. The van der Waals surface area contributed by atoms with Gasteiger partial charge in [0.1, 0.15) is 6.54 Å². The Morgan fingerprint density at radius 2 is 2.30 bits per heavy atom. The molecule has 0 saturated carbocycles. The minimum absolute atomic E-state index is 0.373. The van der Waals surface area contributed by atoms with Crippen molar-refractivity contribution >= 4 is 17.3 Å². The van der Waals surface area contributed by atoms with Gasteiger partial charge in [-0.1, -0.05) is 25.1 Å². The Morgan fingerprint density at radius 3 is 2.91 bits per heavy atom. The summed E-state index contributed by atoms with van der Waals surface area (Å²) in [6, 6.07) is 6.25. The van der Waals surface area contributed by atoms with Crippen molar-refractivity contribution in [3.8, 4) is 0 Å². The Morgan fingerprint density at radius 1 is 1.48 bits per heavy atom. The van der Waals surface area contributed by atoms with Gasteiger partial charge in [0, 0.05) is 31.1 Å². The van der Waals surface area contributed by atoms with Crippen LogP contribution in [0.1, 0.15) is 43.0 Å². The Balaban J connectivity index is 1.94. The van der Waals surface area contributed by atoms with E-state index in [0.717, 1.165) is 36.9 Å². The van der Waals surface area contributed by atoms with Gasteiger partial charge in [0.25, 0.3) is 0 Å². The van der Waals surface area contributed by atoms with Crippen LogP contribution in [0.5, 0.6) is 0 Å². The molecule has 0 aliphatic carbocycles. The van der Waals surface area contributed by atoms with Gasteiger partial charge in [-0.3, -0.25) is 0 Å². The number of hydrogen-bond acceptors (Lipinski definition) is 4. The van der Waals surface area contributed by atoms with E-state index in [1.54, 1.807) is 11.3 Å². The molecule has 2 heterocycles. The number of aromatic nitrogens is 1. The molecule has 1 N–H and O–H groups in total.